The van der Waals surface area contributed by atoms with E-state index in [0.29, 0.717) is 41.9 Å². The summed E-state index contributed by atoms with van der Waals surface area (Å²) >= 11 is 0. The number of carbonyl (C=O) groups is 2. The molecule has 0 radical (unpaired) electrons. The van der Waals surface area contributed by atoms with Gasteiger partial charge in [0.05, 0.1) is 17.8 Å². The monoisotopic (exact) mass is 582 g/mol. The topological polar surface area (TPSA) is 115 Å². The summed E-state index contributed by atoms with van der Waals surface area (Å²) in [6.45, 7) is 6.42. The molecular weight excluding hydrogens is 553 g/mol. The molecule has 2 amide bonds. The van der Waals surface area contributed by atoms with Crippen molar-refractivity contribution in [2.45, 2.75) is 70.6 Å². The summed E-state index contributed by atoms with van der Waals surface area (Å²) in [5, 5.41) is 6.81. The Hall–Kier alpha value is -4.42. The van der Waals surface area contributed by atoms with E-state index in [0.717, 1.165) is 17.3 Å². The van der Waals surface area contributed by atoms with Gasteiger partial charge in [-0.15, -0.1) is 0 Å². The molecule has 42 heavy (non-hydrogen) atoms. The van der Waals surface area contributed by atoms with Crippen molar-refractivity contribution in [3.05, 3.63) is 59.9 Å². The third-order valence-corrected chi connectivity index (χ3v) is 7.85. The van der Waals surface area contributed by atoms with Crippen LogP contribution in [0.2, 0.25) is 0 Å². The van der Waals surface area contributed by atoms with E-state index in [-0.39, 0.29) is 42.3 Å². The molecule has 4 heterocycles. The van der Waals surface area contributed by atoms with Gasteiger partial charge in [0.1, 0.15) is 17.5 Å². The van der Waals surface area contributed by atoms with Crippen molar-refractivity contribution in [1.82, 2.24) is 24.6 Å². The summed E-state index contributed by atoms with van der Waals surface area (Å²) in [5.41, 5.74) is 0.125. The molecule has 1 saturated carbocycles. The van der Waals surface area contributed by atoms with Crippen LogP contribution in [0.15, 0.2) is 47.4 Å². The second kappa shape index (κ2) is 10.1. The lowest BCUT2D eigenvalue weighted by molar-refractivity contribution is -0.165. The average Bonchev–Trinajstić information content (AvgIpc) is 3.45. The molecule has 4 aromatic rings. The van der Waals surface area contributed by atoms with Crippen molar-refractivity contribution < 1.29 is 32.0 Å². The Bertz CT molecular complexity index is 1670. The van der Waals surface area contributed by atoms with Gasteiger partial charge in [-0.25, -0.2) is 14.8 Å². The zero-order valence-electron chi connectivity index (χ0n) is 23.2. The maximum Gasteiger partial charge on any atom is 0.401 e. The predicted molar refractivity (Wildman–Crippen MR) is 145 cm³/mol. The van der Waals surface area contributed by atoms with Crippen LogP contribution in [-0.2, 0) is 23.2 Å². The minimum atomic E-state index is -4.44. The highest BCUT2D eigenvalue weighted by Crippen LogP contribution is 2.59. The summed E-state index contributed by atoms with van der Waals surface area (Å²) in [7, 11) is 0. The highest BCUT2D eigenvalue weighted by atomic mass is 19.4. The number of alkyl halides is 3. The first kappa shape index (κ1) is 27.7. The van der Waals surface area contributed by atoms with Gasteiger partial charge in [0.25, 0.3) is 0 Å². The zero-order valence-corrected chi connectivity index (χ0v) is 23.2. The molecule has 1 N–H and O–H groups in total. The zero-order chi connectivity index (χ0) is 29.8. The lowest BCUT2D eigenvalue weighted by Gasteiger charge is -2.35. The Morgan fingerprint density at radius 2 is 1.98 bits per heavy atom. The molecule has 220 valence electrons. The van der Waals surface area contributed by atoms with Gasteiger partial charge >= 0.3 is 12.2 Å². The van der Waals surface area contributed by atoms with Gasteiger partial charge in [0, 0.05) is 35.7 Å². The van der Waals surface area contributed by atoms with E-state index in [1.54, 1.807) is 30.5 Å². The number of hydrogen-bond donors (Lipinski definition) is 1. The highest BCUT2D eigenvalue weighted by Gasteiger charge is 2.67. The number of hydrogen-bond acceptors (Lipinski definition) is 7. The van der Waals surface area contributed by atoms with E-state index in [1.165, 1.54) is 10.9 Å². The molecule has 6 rings (SSSR count). The lowest BCUT2D eigenvalue weighted by Crippen LogP contribution is -2.43. The van der Waals surface area contributed by atoms with Gasteiger partial charge < -0.3 is 14.2 Å². The number of halogens is 3. The maximum atomic E-state index is 13.4. The Morgan fingerprint density at radius 1 is 1.19 bits per heavy atom. The van der Waals surface area contributed by atoms with Crippen molar-refractivity contribution >= 4 is 28.7 Å². The summed E-state index contributed by atoms with van der Waals surface area (Å²) < 4.78 is 52.6. The van der Waals surface area contributed by atoms with Crippen molar-refractivity contribution in [3.63, 3.8) is 0 Å². The molecule has 1 fully saturated rings. The Balaban J connectivity index is 1.17. The van der Waals surface area contributed by atoms with Crippen LogP contribution in [0.3, 0.4) is 0 Å². The van der Waals surface area contributed by atoms with E-state index in [1.807, 2.05) is 25.7 Å². The standard InChI is InChI=1S/C29H29F3N6O4/c1-16(2)10-25(39)38-14-21-20(11-17(38)3)26(34-15-33-21)41-19-4-5-22-18(12-19)6-9-37(22)27(40)35-24-13-23(42-36-24)28(7-8-28)29(30,31)32/h4-6,9,12-13,15-17H,7-8,10-11,14H2,1-3H3,(H,35,36,40). The number of rotatable bonds is 6. The first-order valence-electron chi connectivity index (χ1n) is 13.7. The van der Waals surface area contributed by atoms with E-state index in [9.17, 15) is 22.8 Å². The van der Waals surface area contributed by atoms with Crippen molar-refractivity contribution in [1.29, 1.82) is 0 Å². The van der Waals surface area contributed by atoms with E-state index < -0.39 is 17.6 Å². The van der Waals surface area contributed by atoms with E-state index >= 15 is 0 Å². The average molecular weight is 583 g/mol. The number of benzene rings is 1. The molecule has 1 atom stereocenters. The normalized spacial score (nSPS) is 17.8. The Morgan fingerprint density at radius 3 is 2.69 bits per heavy atom. The molecule has 2 aliphatic rings. The van der Waals surface area contributed by atoms with Crippen LogP contribution in [0.25, 0.3) is 10.9 Å². The molecule has 1 aliphatic carbocycles. The molecule has 1 aliphatic heterocycles. The molecule has 0 saturated heterocycles. The first-order chi connectivity index (χ1) is 19.9. The second-order valence-electron chi connectivity index (χ2n) is 11.4. The summed E-state index contributed by atoms with van der Waals surface area (Å²) in [6.07, 6.45) is -0.589. The number of carbonyl (C=O) groups excluding carboxylic acids is 2. The van der Waals surface area contributed by atoms with Crippen LogP contribution in [0.4, 0.5) is 23.8 Å². The number of aromatic nitrogens is 4. The second-order valence-corrected chi connectivity index (χ2v) is 11.4. The minimum absolute atomic E-state index is 0.0313. The lowest BCUT2D eigenvalue weighted by atomic mass is 9.98. The van der Waals surface area contributed by atoms with Crippen molar-refractivity contribution in [3.8, 4) is 11.6 Å². The minimum Gasteiger partial charge on any atom is -0.439 e. The summed E-state index contributed by atoms with van der Waals surface area (Å²) in [4.78, 5) is 36.3. The van der Waals surface area contributed by atoms with Crippen molar-refractivity contribution in [2.75, 3.05) is 5.32 Å². The van der Waals surface area contributed by atoms with E-state index in [2.05, 4.69) is 20.4 Å². The number of ether oxygens (including phenoxy) is 1. The molecule has 0 spiro atoms. The molecule has 1 unspecified atom stereocenters. The Kier molecular flexibility index (Phi) is 6.70. The van der Waals surface area contributed by atoms with Crippen LogP contribution in [-0.4, -0.2) is 48.7 Å². The van der Waals surface area contributed by atoms with Gasteiger partial charge in [-0.1, -0.05) is 19.0 Å². The fourth-order valence-corrected chi connectivity index (χ4v) is 5.38. The van der Waals surface area contributed by atoms with Crippen LogP contribution in [0.5, 0.6) is 11.6 Å². The molecular formula is C29H29F3N6O4. The number of amides is 2. The number of nitrogens with zero attached hydrogens (tertiary/aromatic N) is 5. The molecule has 10 nitrogen and oxygen atoms in total. The number of nitrogens with one attached hydrogen (secondary N) is 1. The third kappa shape index (κ3) is 4.96. The fourth-order valence-electron chi connectivity index (χ4n) is 5.38. The van der Waals surface area contributed by atoms with Crippen LogP contribution >= 0.6 is 0 Å². The quantitative estimate of drug-likeness (QED) is 0.288. The van der Waals surface area contributed by atoms with Crippen LogP contribution in [0, 0.1) is 5.92 Å². The molecule has 1 aromatic carbocycles. The van der Waals surface area contributed by atoms with Crippen LogP contribution in [0.1, 0.15) is 57.1 Å². The van der Waals surface area contributed by atoms with E-state index in [4.69, 9.17) is 9.26 Å². The van der Waals surface area contributed by atoms with Gasteiger partial charge in [0.2, 0.25) is 11.8 Å². The smallest absolute Gasteiger partial charge is 0.401 e. The fraction of sp³-hybridized carbons (Fsp3) is 0.414. The molecule has 3 aromatic heterocycles. The van der Waals surface area contributed by atoms with Gasteiger partial charge in [-0.3, -0.25) is 14.7 Å². The third-order valence-electron chi connectivity index (χ3n) is 7.85. The SMILES string of the molecule is CC(C)CC(=O)N1Cc2ncnc(Oc3ccc4c(ccn4C(=O)Nc4cc(C5(C(F)(F)F)CC5)on4)c3)c2CC1C. The highest BCUT2D eigenvalue weighted by molar-refractivity contribution is 5.98. The molecule has 0 bridgehead atoms. The van der Waals surface area contributed by atoms with Gasteiger partial charge in [-0.2, -0.15) is 13.2 Å². The number of anilines is 1. The maximum absolute atomic E-state index is 13.4. The summed E-state index contributed by atoms with van der Waals surface area (Å²) in [6, 6.07) is 7.35. The largest absolute Gasteiger partial charge is 0.439 e. The predicted octanol–water partition coefficient (Wildman–Crippen LogP) is 6.21. The summed E-state index contributed by atoms with van der Waals surface area (Å²) in [5.74, 6) is 0.865. The van der Waals surface area contributed by atoms with Crippen LogP contribution < -0.4 is 10.1 Å². The van der Waals surface area contributed by atoms with Gasteiger partial charge in [0.15, 0.2) is 11.6 Å². The Labute approximate surface area is 238 Å². The van der Waals surface area contributed by atoms with Crippen molar-refractivity contribution in [2.24, 2.45) is 5.92 Å². The van der Waals surface area contributed by atoms with Gasteiger partial charge in [-0.05, 0) is 56.4 Å². The molecule has 13 heteroatoms. The first-order valence-corrected chi connectivity index (χ1v) is 13.7. The number of fused-ring (bicyclic) bond motifs is 2.